The molecule has 15 heavy (non-hydrogen) atoms. The van der Waals surface area contributed by atoms with Gasteiger partial charge in [-0.3, -0.25) is 4.55 Å². The van der Waals surface area contributed by atoms with Crippen LogP contribution in [0.25, 0.3) is 0 Å². The standard InChI is InChI=1S/C10H15NO3S/c1-7(2)5-8-3-4-9(11)6-10(8)15(12,13)14/h3-4,6-7H,5,11H2,1-2H3,(H,12,13,14). The zero-order chi connectivity index (χ0) is 11.6. The topological polar surface area (TPSA) is 80.4 Å². The van der Waals surface area contributed by atoms with Crippen molar-refractivity contribution in [2.24, 2.45) is 5.92 Å². The van der Waals surface area contributed by atoms with Gasteiger partial charge in [-0.25, -0.2) is 0 Å². The molecule has 0 spiro atoms. The number of anilines is 1. The first-order chi connectivity index (χ1) is 6.80. The van der Waals surface area contributed by atoms with E-state index >= 15 is 0 Å². The van der Waals surface area contributed by atoms with Gasteiger partial charge < -0.3 is 5.73 Å². The summed E-state index contributed by atoms with van der Waals surface area (Å²) < 4.78 is 31.2. The van der Waals surface area contributed by atoms with E-state index in [9.17, 15) is 8.42 Å². The molecule has 0 radical (unpaired) electrons. The van der Waals surface area contributed by atoms with Crippen LogP contribution < -0.4 is 5.73 Å². The molecule has 0 amide bonds. The molecule has 84 valence electrons. The van der Waals surface area contributed by atoms with E-state index in [-0.39, 0.29) is 4.90 Å². The molecule has 0 atom stereocenters. The molecule has 1 aromatic rings. The minimum Gasteiger partial charge on any atom is -0.399 e. The van der Waals surface area contributed by atoms with E-state index in [0.717, 1.165) is 0 Å². The molecule has 0 aliphatic rings. The molecular weight excluding hydrogens is 214 g/mol. The first-order valence-corrected chi connectivity index (χ1v) is 6.10. The molecule has 0 aromatic heterocycles. The molecule has 0 bridgehead atoms. The Morgan fingerprint density at radius 3 is 2.47 bits per heavy atom. The van der Waals surface area contributed by atoms with Crippen molar-refractivity contribution in [1.82, 2.24) is 0 Å². The highest BCUT2D eigenvalue weighted by Gasteiger charge is 2.16. The molecule has 1 rings (SSSR count). The lowest BCUT2D eigenvalue weighted by molar-refractivity contribution is 0.481. The highest BCUT2D eigenvalue weighted by atomic mass is 32.2. The van der Waals surface area contributed by atoms with Gasteiger partial charge in [-0.15, -0.1) is 0 Å². The molecule has 0 aliphatic heterocycles. The van der Waals surface area contributed by atoms with E-state index < -0.39 is 10.1 Å². The van der Waals surface area contributed by atoms with Crippen LogP contribution in [0.3, 0.4) is 0 Å². The van der Waals surface area contributed by atoms with E-state index in [4.69, 9.17) is 10.3 Å². The lowest BCUT2D eigenvalue weighted by Crippen LogP contribution is -2.06. The molecule has 0 fully saturated rings. The summed E-state index contributed by atoms with van der Waals surface area (Å²) in [6.45, 7) is 3.95. The molecule has 0 heterocycles. The highest BCUT2D eigenvalue weighted by molar-refractivity contribution is 7.85. The lowest BCUT2D eigenvalue weighted by Gasteiger charge is -2.10. The maximum Gasteiger partial charge on any atom is 0.294 e. The van der Waals surface area contributed by atoms with Crippen LogP contribution in [-0.4, -0.2) is 13.0 Å². The van der Waals surface area contributed by atoms with Gasteiger partial charge >= 0.3 is 0 Å². The molecule has 0 aliphatic carbocycles. The van der Waals surface area contributed by atoms with Crippen molar-refractivity contribution in [2.45, 2.75) is 25.2 Å². The summed E-state index contributed by atoms with van der Waals surface area (Å²) >= 11 is 0. The smallest absolute Gasteiger partial charge is 0.294 e. The zero-order valence-corrected chi connectivity index (χ0v) is 9.58. The summed E-state index contributed by atoms with van der Waals surface area (Å²) in [6.07, 6.45) is 0.593. The summed E-state index contributed by atoms with van der Waals surface area (Å²) in [7, 11) is -4.18. The Morgan fingerprint density at radius 1 is 1.40 bits per heavy atom. The Morgan fingerprint density at radius 2 is 2.00 bits per heavy atom. The van der Waals surface area contributed by atoms with Crippen molar-refractivity contribution in [3.8, 4) is 0 Å². The zero-order valence-electron chi connectivity index (χ0n) is 8.77. The molecule has 5 heteroatoms. The molecule has 1 aromatic carbocycles. The fourth-order valence-electron chi connectivity index (χ4n) is 1.42. The maximum atomic E-state index is 11.1. The van der Waals surface area contributed by atoms with Crippen molar-refractivity contribution in [2.75, 3.05) is 5.73 Å². The normalized spacial score (nSPS) is 12.0. The van der Waals surface area contributed by atoms with Crippen LogP contribution in [0.2, 0.25) is 0 Å². The first kappa shape index (κ1) is 12.0. The lowest BCUT2D eigenvalue weighted by atomic mass is 10.0. The third kappa shape index (κ3) is 3.21. The number of nitrogen functional groups attached to an aromatic ring is 1. The number of hydrogen-bond donors (Lipinski definition) is 2. The largest absolute Gasteiger partial charge is 0.399 e. The summed E-state index contributed by atoms with van der Waals surface area (Å²) in [5.41, 5.74) is 6.41. The fraction of sp³-hybridized carbons (Fsp3) is 0.400. The Labute approximate surface area is 89.9 Å². The fourth-order valence-corrected chi connectivity index (χ4v) is 2.19. The minimum absolute atomic E-state index is 0.0869. The average Bonchev–Trinajstić information content (AvgIpc) is 2.05. The minimum atomic E-state index is -4.18. The van der Waals surface area contributed by atoms with Crippen molar-refractivity contribution < 1.29 is 13.0 Å². The van der Waals surface area contributed by atoms with Crippen LogP contribution in [0.15, 0.2) is 23.1 Å². The summed E-state index contributed by atoms with van der Waals surface area (Å²) in [5, 5.41) is 0. The van der Waals surface area contributed by atoms with Gasteiger partial charge in [-0.2, -0.15) is 8.42 Å². The Kier molecular flexibility index (Phi) is 3.36. The van der Waals surface area contributed by atoms with Gasteiger partial charge in [-0.05, 0) is 30.0 Å². The van der Waals surface area contributed by atoms with Gasteiger partial charge in [-0.1, -0.05) is 19.9 Å². The second kappa shape index (κ2) is 4.20. The van der Waals surface area contributed by atoms with E-state index in [2.05, 4.69) is 0 Å². The molecule has 0 saturated carbocycles. The summed E-state index contributed by atoms with van der Waals surface area (Å²) in [4.78, 5) is -0.0869. The first-order valence-electron chi connectivity index (χ1n) is 4.66. The number of rotatable bonds is 3. The predicted octanol–water partition coefficient (Wildman–Crippen LogP) is 1.71. The summed E-state index contributed by atoms with van der Waals surface area (Å²) in [5.74, 6) is 0.314. The number of benzene rings is 1. The van der Waals surface area contributed by atoms with E-state index in [0.29, 0.717) is 23.6 Å². The quantitative estimate of drug-likeness (QED) is 0.610. The van der Waals surface area contributed by atoms with Gasteiger partial charge in [0.15, 0.2) is 0 Å². The number of hydrogen-bond acceptors (Lipinski definition) is 3. The van der Waals surface area contributed by atoms with Crippen molar-refractivity contribution >= 4 is 15.8 Å². The van der Waals surface area contributed by atoms with Gasteiger partial charge in [0.2, 0.25) is 0 Å². The maximum absolute atomic E-state index is 11.1. The van der Waals surface area contributed by atoms with E-state index in [1.807, 2.05) is 13.8 Å². The van der Waals surface area contributed by atoms with Crippen LogP contribution in [0, 0.1) is 5.92 Å². The van der Waals surface area contributed by atoms with Crippen LogP contribution in [-0.2, 0) is 16.5 Å². The average molecular weight is 229 g/mol. The second-order valence-corrected chi connectivity index (χ2v) is 5.33. The highest BCUT2D eigenvalue weighted by Crippen LogP contribution is 2.21. The van der Waals surface area contributed by atoms with Crippen molar-refractivity contribution in [3.05, 3.63) is 23.8 Å². The molecule has 3 N–H and O–H groups in total. The Hall–Kier alpha value is -1.07. The monoisotopic (exact) mass is 229 g/mol. The van der Waals surface area contributed by atoms with Gasteiger partial charge in [0.25, 0.3) is 10.1 Å². The van der Waals surface area contributed by atoms with Crippen molar-refractivity contribution in [1.29, 1.82) is 0 Å². The van der Waals surface area contributed by atoms with E-state index in [1.54, 1.807) is 12.1 Å². The SMILES string of the molecule is CC(C)Cc1ccc(N)cc1S(=O)(=O)O. The second-order valence-electron chi connectivity index (χ2n) is 3.94. The molecular formula is C10H15NO3S. The van der Waals surface area contributed by atoms with Crippen LogP contribution >= 0.6 is 0 Å². The van der Waals surface area contributed by atoms with E-state index in [1.165, 1.54) is 6.07 Å². The van der Waals surface area contributed by atoms with Crippen molar-refractivity contribution in [3.63, 3.8) is 0 Å². The Balaban J connectivity index is 3.27. The molecule has 0 unspecified atom stereocenters. The van der Waals surface area contributed by atoms with Gasteiger partial charge in [0, 0.05) is 5.69 Å². The van der Waals surface area contributed by atoms with Crippen LogP contribution in [0.1, 0.15) is 19.4 Å². The van der Waals surface area contributed by atoms with Crippen LogP contribution in [0.5, 0.6) is 0 Å². The molecule has 0 saturated heterocycles. The van der Waals surface area contributed by atoms with Gasteiger partial charge in [0.1, 0.15) is 0 Å². The van der Waals surface area contributed by atoms with Gasteiger partial charge in [0.05, 0.1) is 4.90 Å². The summed E-state index contributed by atoms with van der Waals surface area (Å²) in [6, 6.07) is 4.55. The van der Waals surface area contributed by atoms with Crippen LogP contribution in [0.4, 0.5) is 5.69 Å². The third-order valence-corrected chi connectivity index (χ3v) is 2.93. The molecule has 4 nitrogen and oxygen atoms in total. The predicted molar refractivity (Wildman–Crippen MR) is 59.2 cm³/mol. The third-order valence-electron chi connectivity index (χ3n) is 2.00. The number of nitrogens with two attached hydrogens (primary N) is 1. The Bertz CT molecular complexity index is 452.